The first-order valence-electron chi connectivity index (χ1n) is 4.95. The lowest BCUT2D eigenvalue weighted by molar-refractivity contribution is 0.659. The Morgan fingerprint density at radius 1 is 1.64 bits per heavy atom. The molecule has 80 valence electrons. The molecule has 1 unspecified atom stereocenters. The fraction of sp³-hybridized carbons (Fsp3) is 0.700. The van der Waals surface area contributed by atoms with Crippen molar-refractivity contribution in [1.29, 1.82) is 0 Å². The molecule has 1 atom stereocenters. The van der Waals surface area contributed by atoms with E-state index in [1.165, 1.54) is 5.56 Å². The highest BCUT2D eigenvalue weighted by molar-refractivity contribution is 7.99. The predicted octanol–water partition coefficient (Wildman–Crippen LogP) is 3.15. The van der Waals surface area contributed by atoms with Crippen molar-refractivity contribution in [2.75, 3.05) is 5.88 Å². The van der Waals surface area contributed by atoms with E-state index in [0.29, 0.717) is 5.25 Å². The number of hydrogen-bond donors (Lipinski definition) is 0. The first kappa shape index (κ1) is 11.9. The van der Waals surface area contributed by atoms with Gasteiger partial charge in [0.05, 0.1) is 6.20 Å². The Bertz CT molecular complexity index is 262. The molecule has 0 fully saturated rings. The average Bonchev–Trinajstić information content (AvgIpc) is 2.63. The summed E-state index contributed by atoms with van der Waals surface area (Å²) in [6.45, 7) is 5.26. The summed E-state index contributed by atoms with van der Waals surface area (Å²) in [5.41, 5.74) is 1.30. The summed E-state index contributed by atoms with van der Waals surface area (Å²) in [7, 11) is 0. The van der Waals surface area contributed by atoms with Crippen LogP contribution in [0.15, 0.2) is 12.4 Å². The molecule has 0 aliphatic carbocycles. The molecule has 4 heteroatoms. The fourth-order valence-electron chi connectivity index (χ4n) is 1.13. The zero-order chi connectivity index (χ0) is 10.4. The van der Waals surface area contributed by atoms with Crippen molar-refractivity contribution in [2.24, 2.45) is 0 Å². The van der Waals surface area contributed by atoms with E-state index in [9.17, 15) is 0 Å². The average molecular weight is 233 g/mol. The van der Waals surface area contributed by atoms with Crippen LogP contribution in [0.4, 0.5) is 0 Å². The zero-order valence-corrected chi connectivity index (χ0v) is 10.3. The van der Waals surface area contributed by atoms with Crippen molar-refractivity contribution in [3.8, 4) is 0 Å². The van der Waals surface area contributed by atoms with Crippen LogP contribution < -0.4 is 0 Å². The molecule has 0 aliphatic heterocycles. The largest absolute Gasteiger partial charge is 0.273 e. The van der Waals surface area contributed by atoms with Crippen LogP contribution in [0.3, 0.4) is 0 Å². The lowest BCUT2D eigenvalue weighted by Crippen LogP contribution is -1.97. The highest BCUT2D eigenvalue weighted by Crippen LogP contribution is 2.19. The molecule has 2 nitrogen and oxygen atoms in total. The minimum Gasteiger partial charge on any atom is -0.273 e. The van der Waals surface area contributed by atoms with Crippen molar-refractivity contribution in [1.82, 2.24) is 9.78 Å². The third kappa shape index (κ3) is 3.93. The predicted molar refractivity (Wildman–Crippen MR) is 64.0 cm³/mol. The van der Waals surface area contributed by atoms with Gasteiger partial charge in [-0.3, -0.25) is 4.68 Å². The first-order chi connectivity index (χ1) is 6.76. The smallest absolute Gasteiger partial charge is 0.0530 e. The molecule has 1 heterocycles. The normalized spacial score (nSPS) is 13.1. The van der Waals surface area contributed by atoms with E-state index in [1.54, 1.807) is 0 Å². The summed E-state index contributed by atoms with van der Waals surface area (Å²) in [5.74, 6) is 1.79. The number of aryl methyl sites for hydroxylation is 1. The molecule has 14 heavy (non-hydrogen) atoms. The van der Waals surface area contributed by atoms with Crippen LogP contribution in [0.1, 0.15) is 25.8 Å². The third-order valence-corrected chi connectivity index (χ3v) is 3.58. The topological polar surface area (TPSA) is 17.8 Å². The van der Waals surface area contributed by atoms with Crippen molar-refractivity contribution >= 4 is 23.4 Å². The third-order valence-electron chi connectivity index (χ3n) is 2.06. The van der Waals surface area contributed by atoms with Gasteiger partial charge in [-0.15, -0.1) is 11.6 Å². The highest BCUT2D eigenvalue weighted by atomic mass is 35.5. The van der Waals surface area contributed by atoms with E-state index in [-0.39, 0.29) is 0 Å². The van der Waals surface area contributed by atoms with E-state index < -0.39 is 0 Å². The van der Waals surface area contributed by atoms with Gasteiger partial charge in [0.15, 0.2) is 0 Å². The maximum atomic E-state index is 5.67. The van der Waals surface area contributed by atoms with E-state index >= 15 is 0 Å². The lowest BCUT2D eigenvalue weighted by atomic mass is 10.4. The number of rotatable bonds is 6. The fourth-order valence-corrected chi connectivity index (χ4v) is 2.50. The van der Waals surface area contributed by atoms with Crippen molar-refractivity contribution in [2.45, 2.75) is 37.8 Å². The van der Waals surface area contributed by atoms with Gasteiger partial charge in [0, 0.05) is 29.6 Å². The van der Waals surface area contributed by atoms with Crippen molar-refractivity contribution in [3.63, 3.8) is 0 Å². The number of alkyl halides is 1. The molecule has 0 radical (unpaired) electrons. The second-order valence-corrected chi connectivity index (χ2v) is 5.11. The summed E-state index contributed by atoms with van der Waals surface area (Å²) in [6.07, 6.45) is 5.14. The van der Waals surface area contributed by atoms with Gasteiger partial charge < -0.3 is 0 Å². The molecule has 0 bridgehead atoms. The van der Waals surface area contributed by atoms with E-state index in [0.717, 1.165) is 24.6 Å². The monoisotopic (exact) mass is 232 g/mol. The Hall–Kier alpha value is -0.150. The number of halogens is 1. The Balaban J connectivity index is 2.30. The molecule has 0 amide bonds. The summed E-state index contributed by atoms with van der Waals surface area (Å²) in [4.78, 5) is 0. The van der Waals surface area contributed by atoms with Gasteiger partial charge in [0.1, 0.15) is 0 Å². The van der Waals surface area contributed by atoms with Gasteiger partial charge in [0.2, 0.25) is 0 Å². The van der Waals surface area contributed by atoms with E-state index in [2.05, 4.69) is 25.1 Å². The Labute approximate surface area is 95.0 Å². The number of nitrogens with zero attached hydrogens (tertiary/aromatic N) is 2. The maximum Gasteiger partial charge on any atom is 0.0530 e. The molecule has 0 saturated carbocycles. The number of aromatic nitrogens is 2. The molecule has 0 aliphatic rings. The van der Waals surface area contributed by atoms with Crippen LogP contribution in [0, 0.1) is 0 Å². The van der Waals surface area contributed by atoms with Crippen LogP contribution >= 0.6 is 23.4 Å². The molecular formula is C10H17ClN2S. The Morgan fingerprint density at radius 3 is 3.00 bits per heavy atom. The highest BCUT2D eigenvalue weighted by Gasteiger charge is 2.03. The number of thioether (sulfide) groups is 1. The van der Waals surface area contributed by atoms with Gasteiger partial charge in [-0.2, -0.15) is 16.9 Å². The lowest BCUT2D eigenvalue weighted by Gasteiger charge is -2.07. The van der Waals surface area contributed by atoms with Crippen LogP contribution in [-0.2, 0) is 12.3 Å². The quantitative estimate of drug-likeness (QED) is 0.702. The van der Waals surface area contributed by atoms with Gasteiger partial charge in [-0.1, -0.05) is 6.92 Å². The van der Waals surface area contributed by atoms with E-state index in [4.69, 9.17) is 11.6 Å². The zero-order valence-electron chi connectivity index (χ0n) is 8.74. The van der Waals surface area contributed by atoms with Crippen LogP contribution in [0.5, 0.6) is 0 Å². The van der Waals surface area contributed by atoms with Crippen LogP contribution in [0.2, 0.25) is 0 Å². The maximum absolute atomic E-state index is 5.67. The second-order valence-electron chi connectivity index (χ2n) is 3.30. The summed E-state index contributed by atoms with van der Waals surface area (Å²) in [6, 6.07) is 0. The first-order valence-corrected chi connectivity index (χ1v) is 6.53. The second kappa shape index (κ2) is 6.36. The Kier molecular flexibility index (Phi) is 5.41. The molecule has 1 rings (SSSR count). The van der Waals surface area contributed by atoms with Crippen molar-refractivity contribution in [3.05, 3.63) is 18.0 Å². The van der Waals surface area contributed by atoms with Gasteiger partial charge in [-0.25, -0.2) is 0 Å². The molecular weight excluding hydrogens is 216 g/mol. The minimum absolute atomic E-state index is 0.637. The van der Waals surface area contributed by atoms with Gasteiger partial charge in [0.25, 0.3) is 0 Å². The van der Waals surface area contributed by atoms with Crippen molar-refractivity contribution < 1.29 is 0 Å². The van der Waals surface area contributed by atoms with E-state index in [1.807, 2.05) is 22.6 Å². The molecule has 1 aromatic rings. The molecule has 0 saturated heterocycles. The standard InChI is InChI=1S/C10H17ClN2S/c1-3-13-7-10(6-12-13)8-14-9(2)4-5-11/h6-7,9H,3-5,8H2,1-2H3. The molecule has 0 N–H and O–H groups in total. The molecule has 0 aromatic carbocycles. The number of hydrogen-bond acceptors (Lipinski definition) is 2. The van der Waals surface area contributed by atoms with Crippen LogP contribution in [0.25, 0.3) is 0 Å². The summed E-state index contributed by atoms with van der Waals surface area (Å²) < 4.78 is 1.96. The summed E-state index contributed by atoms with van der Waals surface area (Å²) in [5, 5.41) is 4.87. The molecule has 1 aromatic heterocycles. The van der Waals surface area contributed by atoms with Gasteiger partial charge in [-0.05, 0) is 18.9 Å². The van der Waals surface area contributed by atoms with Gasteiger partial charge >= 0.3 is 0 Å². The van der Waals surface area contributed by atoms with Crippen LogP contribution in [-0.4, -0.2) is 20.9 Å². The summed E-state index contributed by atoms with van der Waals surface area (Å²) >= 11 is 7.62. The SMILES string of the molecule is CCn1cc(CSC(C)CCCl)cn1. The minimum atomic E-state index is 0.637. The molecule has 0 spiro atoms. The Morgan fingerprint density at radius 2 is 2.43 bits per heavy atom.